The highest BCUT2D eigenvalue weighted by Crippen LogP contribution is 2.39. The predicted molar refractivity (Wildman–Crippen MR) is 114 cm³/mol. The quantitative estimate of drug-likeness (QED) is 0.843. The van der Waals surface area contributed by atoms with Crippen LogP contribution in [0.5, 0.6) is 0 Å². The van der Waals surface area contributed by atoms with Crippen LogP contribution in [0.25, 0.3) is 0 Å². The molecule has 1 amide bonds. The van der Waals surface area contributed by atoms with Crippen LogP contribution in [0, 0.1) is 13.8 Å². The van der Waals surface area contributed by atoms with Crippen LogP contribution in [-0.2, 0) is 11.3 Å². The van der Waals surface area contributed by atoms with Crippen molar-refractivity contribution in [2.24, 2.45) is 0 Å². The van der Waals surface area contributed by atoms with Gasteiger partial charge in [-0.2, -0.15) is 0 Å². The van der Waals surface area contributed by atoms with E-state index >= 15 is 0 Å². The molecular formula is C24H31N3O2. The Morgan fingerprint density at radius 3 is 2.52 bits per heavy atom. The number of amides is 1. The molecule has 1 aromatic carbocycles. The van der Waals surface area contributed by atoms with E-state index in [1.807, 2.05) is 38.4 Å². The van der Waals surface area contributed by atoms with Crippen molar-refractivity contribution >= 4 is 5.91 Å². The molecule has 2 aliphatic heterocycles. The Kier molecular flexibility index (Phi) is 5.97. The average molecular weight is 394 g/mol. The lowest BCUT2D eigenvalue weighted by molar-refractivity contribution is -0.0764. The number of carbonyl (C=O) groups excluding carboxylic acids is 1. The number of pyridine rings is 1. The molecule has 3 heterocycles. The number of nitrogens with zero attached hydrogens (tertiary/aromatic N) is 2. The van der Waals surface area contributed by atoms with E-state index in [1.54, 1.807) is 0 Å². The van der Waals surface area contributed by atoms with Crippen LogP contribution in [0.2, 0.25) is 0 Å². The number of hydrogen-bond donors (Lipinski definition) is 1. The SMILES string of the molecule is Cc1cc(C)cc(C(=O)NC[C@@H]2CCC3(CCN(Cc4ccncc4)CC3)O2)c1. The lowest BCUT2D eigenvalue weighted by Gasteiger charge is -2.39. The molecule has 4 rings (SSSR count). The van der Waals surface area contributed by atoms with E-state index in [0.717, 1.165) is 62.0 Å². The van der Waals surface area contributed by atoms with Crippen LogP contribution >= 0.6 is 0 Å². The molecule has 0 unspecified atom stereocenters. The molecule has 1 atom stereocenters. The molecule has 5 heteroatoms. The van der Waals surface area contributed by atoms with E-state index in [9.17, 15) is 4.79 Å². The standard InChI is InChI=1S/C24H31N3O2/c1-18-13-19(2)15-21(14-18)23(28)26-16-22-3-6-24(29-22)7-11-27(12-8-24)17-20-4-9-25-10-5-20/h4-5,9-10,13-15,22H,3,6-8,11-12,16-17H2,1-2H3,(H,26,28)/t22-/m0/s1. The Bertz CT molecular complexity index is 824. The van der Waals surface area contributed by atoms with Gasteiger partial charge in [0.1, 0.15) is 0 Å². The van der Waals surface area contributed by atoms with Crippen molar-refractivity contribution in [3.63, 3.8) is 0 Å². The average Bonchev–Trinajstić information content (AvgIpc) is 3.11. The first-order valence-corrected chi connectivity index (χ1v) is 10.7. The number of carbonyl (C=O) groups is 1. The largest absolute Gasteiger partial charge is 0.370 e. The van der Waals surface area contributed by atoms with Gasteiger partial charge in [0.25, 0.3) is 5.91 Å². The third kappa shape index (κ3) is 5.03. The van der Waals surface area contributed by atoms with Gasteiger partial charge in [-0.05, 0) is 69.4 Å². The summed E-state index contributed by atoms with van der Waals surface area (Å²) >= 11 is 0. The lowest BCUT2D eigenvalue weighted by atomic mass is 9.88. The Labute approximate surface area is 173 Å². The van der Waals surface area contributed by atoms with E-state index in [4.69, 9.17) is 4.74 Å². The zero-order valence-corrected chi connectivity index (χ0v) is 17.5. The summed E-state index contributed by atoms with van der Waals surface area (Å²) in [5, 5.41) is 3.08. The number of ether oxygens (including phenoxy) is 1. The van der Waals surface area contributed by atoms with Crippen LogP contribution in [0.15, 0.2) is 42.7 Å². The number of rotatable bonds is 5. The van der Waals surface area contributed by atoms with Crippen molar-refractivity contribution in [3.05, 3.63) is 65.0 Å². The van der Waals surface area contributed by atoms with Gasteiger partial charge in [0.05, 0.1) is 11.7 Å². The van der Waals surface area contributed by atoms with Crippen molar-refractivity contribution in [1.29, 1.82) is 0 Å². The molecular weight excluding hydrogens is 362 g/mol. The smallest absolute Gasteiger partial charge is 0.251 e. The first-order valence-electron chi connectivity index (χ1n) is 10.7. The molecule has 29 heavy (non-hydrogen) atoms. The summed E-state index contributed by atoms with van der Waals surface area (Å²) < 4.78 is 6.47. The molecule has 2 fully saturated rings. The maximum Gasteiger partial charge on any atom is 0.251 e. The monoisotopic (exact) mass is 393 g/mol. The summed E-state index contributed by atoms with van der Waals surface area (Å²) in [5.74, 6) is -0.00600. The van der Waals surface area contributed by atoms with Gasteiger partial charge in [0.15, 0.2) is 0 Å². The summed E-state index contributed by atoms with van der Waals surface area (Å²) in [6.07, 6.45) is 8.10. The minimum Gasteiger partial charge on any atom is -0.370 e. The molecule has 1 spiro atoms. The molecule has 5 nitrogen and oxygen atoms in total. The van der Waals surface area contributed by atoms with Crippen molar-refractivity contribution in [1.82, 2.24) is 15.2 Å². The number of piperidine rings is 1. The fraction of sp³-hybridized carbons (Fsp3) is 0.500. The van der Waals surface area contributed by atoms with Gasteiger partial charge in [-0.3, -0.25) is 14.7 Å². The minimum absolute atomic E-state index is 0.00403. The van der Waals surface area contributed by atoms with Crippen molar-refractivity contribution in [3.8, 4) is 0 Å². The zero-order valence-electron chi connectivity index (χ0n) is 17.5. The molecule has 0 radical (unpaired) electrons. The molecule has 154 valence electrons. The second-order valence-corrected chi connectivity index (χ2v) is 8.68. The first-order chi connectivity index (χ1) is 14.0. The van der Waals surface area contributed by atoms with E-state index < -0.39 is 0 Å². The van der Waals surface area contributed by atoms with Gasteiger partial charge in [-0.25, -0.2) is 0 Å². The maximum atomic E-state index is 12.5. The number of hydrogen-bond acceptors (Lipinski definition) is 4. The molecule has 0 aliphatic carbocycles. The van der Waals surface area contributed by atoms with Gasteiger partial charge in [0, 0.05) is 44.1 Å². The molecule has 1 aromatic heterocycles. The van der Waals surface area contributed by atoms with Crippen LogP contribution in [0.3, 0.4) is 0 Å². The molecule has 1 N–H and O–H groups in total. The number of nitrogens with one attached hydrogen (secondary N) is 1. The van der Waals surface area contributed by atoms with Crippen molar-refractivity contribution in [2.45, 2.75) is 57.8 Å². The number of likely N-dealkylation sites (tertiary alicyclic amines) is 1. The summed E-state index contributed by atoms with van der Waals surface area (Å²) in [6, 6.07) is 10.1. The highest BCUT2D eigenvalue weighted by atomic mass is 16.5. The van der Waals surface area contributed by atoms with Crippen LogP contribution in [-0.4, -0.2) is 47.1 Å². The number of aryl methyl sites for hydroxylation is 2. The minimum atomic E-state index is -0.00600. The third-order valence-electron chi connectivity index (χ3n) is 6.24. The zero-order chi connectivity index (χ0) is 20.3. The van der Waals surface area contributed by atoms with Gasteiger partial charge < -0.3 is 10.1 Å². The van der Waals surface area contributed by atoms with E-state index in [2.05, 4.69) is 33.4 Å². The van der Waals surface area contributed by atoms with Gasteiger partial charge in [-0.1, -0.05) is 17.2 Å². The molecule has 0 saturated carbocycles. The summed E-state index contributed by atoms with van der Waals surface area (Å²) in [4.78, 5) is 19.1. The Balaban J connectivity index is 1.24. The number of benzene rings is 1. The third-order valence-corrected chi connectivity index (χ3v) is 6.24. The van der Waals surface area contributed by atoms with Gasteiger partial charge in [-0.15, -0.1) is 0 Å². The second-order valence-electron chi connectivity index (χ2n) is 8.68. The predicted octanol–water partition coefficient (Wildman–Crippen LogP) is 3.64. The lowest BCUT2D eigenvalue weighted by Crippen LogP contribution is -2.44. The summed E-state index contributed by atoms with van der Waals surface area (Å²) in [6.45, 7) is 7.74. The fourth-order valence-electron chi connectivity index (χ4n) is 4.69. The summed E-state index contributed by atoms with van der Waals surface area (Å²) in [5.41, 5.74) is 4.29. The maximum absolute atomic E-state index is 12.5. The Morgan fingerprint density at radius 2 is 1.83 bits per heavy atom. The van der Waals surface area contributed by atoms with E-state index in [0.29, 0.717) is 6.54 Å². The van der Waals surface area contributed by atoms with Crippen LogP contribution < -0.4 is 5.32 Å². The van der Waals surface area contributed by atoms with Crippen LogP contribution in [0.1, 0.15) is 52.7 Å². The molecule has 2 aromatic rings. The Morgan fingerprint density at radius 1 is 1.14 bits per heavy atom. The van der Waals surface area contributed by atoms with Crippen LogP contribution in [0.4, 0.5) is 0 Å². The summed E-state index contributed by atoms with van der Waals surface area (Å²) in [7, 11) is 0. The molecule has 2 aliphatic rings. The highest BCUT2D eigenvalue weighted by molar-refractivity contribution is 5.94. The van der Waals surface area contributed by atoms with Gasteiger partial charge in [0.2, 0.25) is 0 Å². The van der Waals surface area contributed by atoms with Crippen molar-refractivity contribution < 1.29 is 9.53 Å². The fourth-order valence-corrected chi connectivity index (χ4v) is 4.69. The molecule has 2 saturated heterocycles. The highest BCUT2D eigenvalue weighted by Gasteiger charge is 2.42. The topological polar surface area (TPSA) is 54.5 Å². The van der Waals surface area contributed by atoms with Crippen molar-refractivity contribution in [2.75, 3.05) is 19.6 Å². The Hall–Kier alpha value is -2.24. The first kappa shape index (κ1) is 20.0. The van der Waals surface area contributed by atoms with E-state index in [-0.39, 0.29) is 17.6 Å². The number of aromatic nitrogens is 1. The molecule has 0 bridgehead atoms. The van der Waals surface area contributed by atoms with E-state index in [1.165, 1.54) is 5.56 Å². The normalized spacial score (nSPS) is 21.4. The van der Waals surface area contributed by atoms with Gasteiger partial charge >= 0.3 is 0 Å². The second kappa shape index (κ2) is 8.64.